The summed E-state index contributed by atoms with van der Waals surface area (Å²) in [5.74, 6) is 0.626. The van der Waals surface area contributed by atoms with Gasteiger partial charge in [-0.2, -0.15) is 13.2 Å². The molecular weight excluding hydrogens is 369 g/mol. The zero-order valence-corrected chi connectivity index (χ0v) is 15.8. The van der Waals surface area contributed by atoms with Gasteiger partial charge in [-0.25, -0.2) is 4.98 Å². The van der Waals surface area contributed by atoms with Crippen LogP contribution in [0.2, 0.25) is 0 Å². The number of aromatic amines is 1. The molecule has 1 fully saturated rings. The maximum atomic E-state index is 12.7. The van der Waals surface area contributed by atoms with Gasteiger partial charge in [0.1, 0.15) is 32.4 Å². The van der Waals surface area contributed by atoms with Gasteiger partial charge in [-0.15, -0.1) is 0 Å². The molecule has 3 N–H and O–H groups in total. The molecule has 0 bridgehead atoms. The lowest BCUT2D eigenvalue weighted by atomic mass is 10.1. The Morgan fingerprint density at radius 1 is 1.14 bits per heavy atom. The van der Waals surface area contributed by atoms with Crippen LogP contribution in [0.25, 0.3) is 0 Å². The lowest BCUT2D eigenvalue weighted by molar-refractivity contribution is -0.892. The number of hydrogen-bond acceptors (Lipinski definition) is 2. The van der Waals surface area contributed by atoms with Gasteiger partial charge in [-0.3, -0.25) is 9.69 Å². The van der Waals surface area contributed by atoms with Gasteiger partial charge in [-0.05, 0) is 30.2 Å². The Morgan fingerprint density at radius 3 is 2.36 bits per heavy atom. The third-order valence-electron chi connectivity index (χ3n) is 4.99. The number of carbonyl (C=O) groups is 1. The number of H-pyrrole nitrogens is 1. The standard InChI is InChI=1S/C20H23F3N4O/c1-2-15-3-6-17(7-4-15)25-19(28)14-26-9-11-27(12-10-26)18-8-5-16(13-24-18)20(21,22)23/h3-8,13H,2,9-12,14H2,1H3,(H,25,28)/p+2. The van der Waals surface area contributed by atoms with E-state index < -0.39 is 11.7 Å². The van der Waals surface area contributed by atoms with E-state index in [0.717, 1.165) is 42.4 Å². The van der Waals surface area contributed by atoms with Gasteiger partial charge in [0.05, 0.1) is 5.56 Å². The number of aryl methyl sites for hydroxylation is 1. The minimum absolute atomic E-state index is 0.0335. The van der Waals surface area contributed by atoms with Crippen molar-refractivity contribution in [2.75, 3.05) is 42.9 Å². The van der Waals surface area contributed by atoms with E-state index in [-0.39, 0.29) is 5.91 Å². The Balaban J connectivity index is 1.47. The van der Waals surface area contributed by atoms with Crippen molar-refractivity contribution in [2.24, 2.45) is 0 Å². The van der Waals surface area contributed by atoms with Gasteiger partial charge in [-0.1, -0.05) is 19.1 Å². The van der Waals surface area contributed by atoms with E-state index in [1.54, 1.807) is 0 Å². The second kappa shape index (κ2) is 8.60. The van der Waals surface area contributed by atoms with Crippen molar-refractivity contribution in [2.45, 2.75) is 19.5 Å². The second-order valence-corrected chi connectivity index (χ2v) is 6.97. The van der Waals surface area contributed by atoms with Crippen molar-refractivity contribution in [1.82, 2.24) is 0 Å². The zero-order valence-electron chi connectivity index (χ0n) is 15.8. The number of piperazine rings is 1. The number of nitrogens with one attached hydrogen (secondary N) is 3. The number of pyridine rings is 1. The highest BCUT2D eigenvalue weighted by atomic mass is 19.4. The highest BCUT2D eigenvalue weighted by molar-refractivity contribution is 5.91. The molecular formula is C20H25F3N4O+2. The summed E-state index contributed by atoms with van der Waals surface area (Å²) in [4.78, 5) is 18.2. The van der Waals surface area contributed by atoms with Gasteiger partial charge in [0.2, 0.25) is 0 Å². The molecule has 8 heteroatoms. The number of carbonyl (C=O) groups excluding carboxylic acids is 1. The first-order valence-corrected chi connectivity index (χ1v) is 9.41. The average Bonchev–Trinajstić information content (AvgIpc) is 2.68. The predicted octanol–water partition coefficient (Wildman–Crippen LogP) is 1.43. The normalized spacial score (nSPS) is 15.5. The van der Waals surface area contributed by atoms with Crippen molar-refractivity contribution in [3.05, 3.63) is 53.7 Å². The lowest BCUT2D eigenvalue weighted by Gasteiger charge is -2.28. The van der Waals surface area contributed by atoms with E-state index >= 15 is 0 Å². The van der Waals surface area contributed by atoms with Crippen molar-refractivity contribution in [3.8, 4) is 0 Å². The molecule has 1 aromatic carbocycles. The topological polar surface area (TPSA) is 50.9 Å². The summed E-state index contributed by atoms with van der Waals surface area (Å²) in [6.45, 7) is 5.30. The average molecular weight is 394 g/mol. The number of quaternary nitrogens is 1. The summed E-state index contributed by atoms with van der Waals surface area (Å²) in [7, 11) is 0. The molecule has 1 aromatic heterocycles. The van der Waals surface area contributed by atoms with E-state index in [2.05, 4.69) is 17.2 Å². The largest absolute Gasteiger partial charge is 0.419 e. The van der Waals surface area contributed by atoms with Crippen molar-refractivity contribution >= 4 is 17.4 Å². The molecule has 0 radical (unpaired) electrons. The van der Waals surface area contributed by atoms with Crippen LogP contribution in [0.15, 0.2) is 42.6 Å². The number of aromatic nitrogens is 1. The zero-order chi connectivity index (χ0) is 20.1. The first kappa shape index (κ1) is 20.1. The molecule has 2 heterocycles. The molecule has 1 saturated heterocycles. The van der Waals surface area contributed by atoms with Crippen LogP contribution in [0.1, 0.15) is 18.1 Å². The molecule has 0 unspecified atom stereocenters. The molecule has 3 rings (SSSR count). The number of hydrogen-bond donors (Lipinski definition) is 2. The molecule has 2 aromatic rings. The fraction of sp³-hybridized carbons (Fsp3) is 0.400. The molecule has 5 nitrogen and oxygen atoms in total. The highest BCUT2D eigenvalue weighted by Crippen LogP contribution is 2.28. The number of anilines is 2. The summed E-state index contributed by atoms with van der Waals surface area (Å²) in [6, 6.07) is 10.4. The second-order valence-electron chi connectivity index (χ2n) is 6.97. The molecule has 0 saturated carbocycles. The Morgan fingerprint density at radius 2 is 1.82 bits per heavy atom. The van der Waals surface area contributed by atoms with Crippen LogP contribution in [-0.2, 0) is 17.4 Å². The lowest BCUT2D eigenvalue weighted by Crippen LogP contribution is -3.15. The van der Waals surface area contributed by atoms with Crippen LogP contribution in [0, 0.1) is 0 Å². The molecule has 28 heavy (non-hydrogen) atoms. The molecule has 0 atom stereocenters. The third kappa shape index (κ3) is 5.22. The molecule has 1 amide bonds. The van der Waals surface area contributed by atoms with Gasteiger partial charge >= 0.3 is 6.18 Å². The molecule has 0 aliphatic carbocycles. The fourth-order valence-electron chi connectivity index (χ4n) is 3.29. The van der Waals surface area contributed by atoms with Crippen LogP contribution >= 0.6 is 0 Å². The molecule has 150 valence electrons. The Hall–Kier alpha value is -2.61. The monoisotopic (exact) mass is 394 g/mol. The van der Waals surface area contributed by atoms with Gasteiger partial charge in [0.15, 0.2) is 6.54 Å². The van der Waals surface area contributed by atoms with Crippen LogP contribution in [0.5, 0.6) is 0 Å². The molecule has 1 aliphatic rings. The number of benzene rings is 1. The quantitative estimate of drug-likeness (QED) is 0.806. The number of alkyl halides is 3. The van der Waals surface area contributed by atoms with Gasteiger partial charge in [0.25, 0.3) is 11.7 Å². The SMILES string of the molecule is CCc1ccc(NC(=O)C[NH+]2CCN(c3ccc(C(F)(F)F)c[nH+]3)CC2)cc1. The van der Waals surface area contributed by atoms with Gasteiger partial charge in [0, 0.05) is 11.8 Å². The Kier molecular flexibility index (Phi) is 6.18. The van der Waals surface area contributed by atoms with Crippen molar-refractivity contribution in [1.29, 1.82) is 0 Å². The van der Waals surface area contributed by atoms with Crippen LogP contribution in [-0.4, -0.2) is 38.6 Å². The fourth-order valence-corrected chi connectivity index (χ4v) is 3.29. The van der Waals surface area contributed by atoms with Crippen LogP contribution in [0.3, 0.4) is 0 Å². The summed E-state index contributed by atoms with van der Waals surface area (Å²) in [5.41, 5.74) is 1.32. The number of rotatable bonds is 5. The number of halogens is 3. The van der Waals surface area contributed by atoms with Crippen LogP contribution < -0.4 is 20.1 Å². The van der Waals surface area contributed by atoms with E-state index in [0.29, 0.717) is 25.5 Å². The first-order chi connectivity index (χ1) is 13.3. The van der Waals surface area contributed by atoms with E-state index in [9.17, 15) is 18.0 Å². The number of amides is 1. The van der Waals surface area contributed by atoms with E-state index in [1.165, 1.54) is 11.6 Å². The maximum absolute atomic E-state index is 12.7. The minimum Gasteiger partial charge on any atom is -0.321 e. The predicted molar refractivity (Wildman–Crippen MR) is 100 cm³/mol. The third-order valence-corrected chi connectivity index (χ3v) is 4.99. The van der Waals surface area contributed by atoms with Crippen molar-refractivity contribution < 1.29 is 27.8 Å². The summed E-state index contributed by atoms with van der Waals surface area (Å²) in [5, 5.41) is 2.92. The smallest absolute Gasteiger partial charge is 0.321 e. The van der Waals surface area contributed by atoms with Gasteiger partial charge < -0.3 is 10.2 Å². The van der Waals surface area contributed by atoms with E-state index in [4.69, 9.17) is 0 Å². The van der Waals surface area contributed by atoms with Crippen molar-refractivity contribution in [3.63, 3.8) is 0 Å². The maximum Gasteiger partial charge on any atom is 0.419 e. The Labute approximate surface area is 162 Å². The molecule has 0 spiro atoms. The summed E-state index contributed by atoms with van der Waals surface area (Å²) in [6.07, 6.45) is -2.40. The summed E-state index contributed by atoms with van der Waals surface area (Å²) >= 11 is 0. The summed E-state index contributed by atoms with van der Waals surface area (Å²) < 4.78 is 38.0. The minimum atomic E-state index is -4.35. The first-order valence-electron chi connectivity index (χ1n) is 9.41. The molecule has 1 aliphatic heterocycles. The Bertz CT molecular complexity index is 783. The highest BCUT2D eigenvalue weighted by Gasteiger charge is 2.33. The number of nitrogens with zero attached hydrogens (tertiary/aromatic N) is 1. The van der Waals surface area contributed by atoms with Crippen LogP contribution in [0.4, 0.5) is 24.7 Å². The van der Waals surface area contributed by atoms with E-state index in [1.807, 2.05) is 29.2 Å².